The summed E-state index contributed by atoms with van der Waals surface area (Å²) in [6.45, 7) is 5.44. The van der Waals surface area contributed by atoms with Gasteiger partial charge in [-0.05, 0) is 36.3 Å². The first-order chi connectivity index (χ1) is 16.5. The van der Waals surface area contributed by atoms with Crippen molar-refractivity contribution < 1.29 is 9.59 Å². The Balaban J connectivity index is 1.28. The van der Waals surface area contributed by atoms with Gasteiger partial charge in [-0.15, -0.1) is 0 Å². The highest BCUT2D eigenvalue weighted by molar-refractivity contribution is 6.00. The molecule has 0 spiro atoms. The van der Waals surface area contributed by atoms with E-state index in [0.29, 0.717) is 12.5 Å². The number of carbonyl (C=O) groups excluding carboxylic acids is 2. The van der Waals surface area contributed by atoms with Crippen LogP contribution in [-0.2, 0) is 17.6 Å². The molecule has 34 heavy (non-hydrogen) atoms. The van der Waals surface area contributed by atoms with Crippen LogP contribution in [0.25, 0.3) is 0 Å². The molecule has 180 valence electrons. The van der Waals surface area contributed by atoms with Gasteiger partial charge >= 0.3 is 6.03 Å². The van der Waals surface area contributed by atoms with Gasteiger partial charge in [0, 0.05) is 33.2 Å². The van der Waals surface area contributed by atoms with Gasteiger partial charge in [0.05, 0.1) is 0 Å². The second-order valence-corrected chi connectivity index (χ2v) is 9.94. The highest BCUT2D eigenvalue weighted by Crippen LogP contribution is 2.32. The van der Waals surface area contributed by atoms with E-state index in [2.05, 4.69) is 58.4 Å². The van der Waals surface area contributed by atoms with E-state index in [-0.39, 0.29) is 30.4 Å². The van der Waals surface area contributed by atoms with Crippen LogP contribution in [0.5, 0.6) is 0 Å². The predicted molar refractivity (Wildman–Crippen MR) is 132 cm³/mol. The van der Waals surface area contributed by atoms with Gasteiger partial charge in [-0.2, -0.15) is 0 Å². The Kier molecular flexibility index (Phi) is 6.68. The van der Waals surface area contributed by atoms with Crippen molar-refractivity contribution in [2.45, 2.75) is 44.7 Å². The first-order valence-electron chi connectivity index (χ1n) is 12.4. The molecule has 2 aromatic carbocycles. The number of nitrogens with one attached hydrogen (secondary N) is 1. The smallest absolute Gasteiger partial charge is 0.310 e. The fourth-order valence-electron chi connectivity index (χ4n) is 5.71. The molecule has 3 aliphatic rings. The molecule has 7 heteroatoms. The summed E-state index contributed by atoms with van der Waals surface area (Å²) in [7, 11) is 1.82. The zero-order chi connectivity index (χ0) is 23.7. The molecule has 3 fully saturated rings. The zero-order valence-corrected chi connectivity index (χ0v) is 20.1. The maximum absolute atomic E-state index is 13.6. The van der Waals surface area contributed by atoms with Gasteiger partial charge in [0.15, 0.2) is 0 Å². The molecule has 3 heterocycles. The molecule has 5 rings (SSSR count). The normalized spacial score (nSPS) is 27.7. The van der Waals surface area contributed by atoms with E-state index >= 15 is 0 Å². The molecular weight excluding hydrogens is 426 g/mol. The lowest BCUT2D eigenvalue weighted by Gasteiger charge is -2.45. The van der Waals surface area contributed by atoms with E-state index in [9.17, 15) is 9.59 Å². The third-order valence-corrected chi connectivity index (χ3v) is 7.39. The van der Waals surface area contributed by atoms with Crippen LogP contribution in [0.1, 0.15) is 24.5 Å². The Morgan fingerprint density at radius 2 is 1.53 bits per heavy atom. The van der Waals surface area contributed by atoms with Crippen LogP contribution in [0.2, 0.25) is 0 Å². The van der Waals surface area contributed by atoms with E-state index in [1.807, 2.05) is 31.3 Å². The van der Waals surface area contributed by atoms with Crippen LogP contribution >= 0.6 is 0 Å². The summed E-state index contributed by atoms with van der Waals surface area (Å²) in [6, 6.07) is 20.2. The topological polar surface area (TPSA) is 59.1 Å². The number of aryl methyl sites for hydroxylation is 1. The molecular formula is C27H35N5O2. The van der Waals surface area contributed by atoms with E-state index in [1.165, 1.54) is 16.0 Å². The molecule has 2 aromatic rings. The number of amides is 3. The van der Waals surface area contributed by atoms with Gasteiger partial charge < -0.3 is 4.90 Å². The second kappa shape index (κ2) is 9.86. The molecule has 4 unspecified atom stereocenters. The summed E-state index contributed by atoms with van der Waals surface area (Å²) >= 11 is 0. The average molecular weight is 462 g/mol. The summed E-state index contributed by atoms with van der Waals surface area (Å²) in [5.74, 6) is 0.392. The Morgan fingerprint density at radius 1 is 0.882 bits per heavy atom. The quantitative estimate of drug-likeness (QED) is 0.687. The summed E-state index contributed by atoms with van der Waals surface area (Å²) in [5.41, 5.74) is 2.54. The first kappa shape index (κ1) is 23.0. The van der Waals surface area contributed by atoms with Gasteiger partial charge in [0.25, 0.3) is 5.91 Å². The predicted octanol–water partition coefficient (Wildman–Crippen LogP) is 2.59. The standard InChI is InChI=1S/C27H35N5O2/c1-20-18-30(17-15-22-12-7-4-8-13-22)26-28-24-23(32(26)19-20)25(33)31(27(34)29(24)2)16-9-14-21-10-5-3-6-11-21/h3-8,10-13,20,23-24,26,28H,9,14-19H2,1-2H3. The van der Waals surface area contributed by atoms with Crippen LogP contribution in [-0.4, -0.2) is 83.3 Å². The molecule has 7 nitrogen and oxygen atoms in total. The van der Waals surface area contributed by atoms with Gasteiger partial charge in [-0.25, -0.2) is 4.79 Å². The molecule has 3 amide bonds. The molecule has 0 aliphatic carbocycles. The summed E-state index contributed by atoms with van der Waals surface area (Å²) in [6.07, 6.45) is 2.26. The summed E-state index contributed by atoms with van der Waals surface area (Å²) in [4.78, 5) is 34.7. The van der Waals surface area contributed by atoms with Gasteiger partial charge in [-0.3, -0.25) is 24.8 Å². The maximum Gasteiger partial charge on any atom is 0.327 e. The number of nitrogens with zero attached hydrogens (tertiary/aromatic N) is 4. The lowest BCUT2D eigenvalue weighted by Crippen LogP contribution is -2.66. The molecule has 0 radical (unpaired) electrons. The SMILES string of the molecule is CC1CN(CCc2ccccc2)C2NC3C(C(=O)N(CCCc4ccccc4)C(=O)N3C)N2C1. The van der Waals surface area contributed by atoms with Crippen LogP contribution in [0.15, 0.2) is 60.7 Å². The number of hydrogen-bond donors (Lipinski definition) is 1. The Morgan fingerprint density at radius 3 is 2.21 bits per heavy atom. The van der Waals surface area contributed by atoms with E-state index in [1.54, 1.807) is 4.90 Å². The van der Waals surface area contributed by atoms with Crippen molar-refractivity contribution in [2.75, 3.05) is 33.2 Å². The minimum atomic E-state index is -0.341. The third-order valence-electron chi connectivity index (χ3n) is 7.39. The van der Waals surface area contributed by atoms with Crippen molar-refractivity contribution in [1.82, 2.24) is 24.9 Å². The van der Waals surface area contributed by atoms with Crippen LogP contribution < -0.4 is 5.32 Å². The Bertz CT molecular complexity index is 1000. The Labute approximate surface area is 202 Å². The number of urea groups is 1. The molecule has 4 atom stereocenters. The highest BCUT2D eigenvalue weighted by atomic mass is 16.2. The number of carbonyl (C=O) groups is 2. The third kappa shape index (κ3) is 4.48. The fraction of sp³-hybridized carbons (Fsp3) is 0.481. The van der Waals surface area contributed by atoms with Crippen molar-refractivity contribution in [1.29, 1.82) is 0 Å². The van der Waals surface area contributed by atoms with Crippen LogP contribution in [0.3, 0.4) is 0 Å². The lowest BCUT2D eigenvalue weighted by atomic mass is 10.0. The second-order valence-electron chi connectivity index (χ2n) is 9.94. The number of imide groups is 1. The molecule has 3 saturated heterocycles. The summed E-state index contributed by atoms with van der Waals surface area (Å²) < 4.78 is 0. The van der Waals surface area contributed by atoms with Crippen molar-refractivity contribution in [3.05, 3.63) is 71.8 Å². The fourth-order valence-corrected chi connectivity index (χ4v) is 5.71. The Hall–Kier alpha value is -2.74. The molecule has 0 bridgehead atoms. The van der Waals surface area contributed by atoms with Gasteiger partial charge in [-0.1, -0.05) is 67.6 Å². The number of likely N-dealkylation sites (N-methyl/N-ethyl adjacent to an activating group) is 1. The van der Waals surface area contributed by atoms with Crippen LogP contribution in [0.4, 0.5) is 4.79 Å². The van der Waals surface area contributed by atoms with E-state index < -0.39 is 0 Å². The van der Waals surface area contributed by atoms with E-state index in [4.69, 9.17) is 0 Å². The van der Waals surface area contributed by atoms with E-state index in [0.717, 1.165) is 38.9 Å². The number of hydrogen-bond acceptors (Lipinski definition) is 5. The first-order valence-corrected chi connectivity index (χ1v) is 12.4. The minimum absolute atomic E-state index is 0.0293. The average Bonchev–Trinajstić information content (AvgIpc) is 3.24. The molecule has 0 saturated carbocycles. The molecule has 0 aromatic heterocycles. The number of benzene rings is 2. The monoisotopic (exact) mass is 461 g/mol. The van der Waals surface area contributed by atoms with Crippen molar-refractivity contribution in [3.8, 4) is 0 Å². The minimum Gasteiger partial charge on any atom is -0.310 e. The number of fused-ring (bicyclic) bond motifs is 3. The van der Waals surface area contributed by atoms with Crippen molar-refractivity contribution in [3.63, 3.8) is 0 Å². The maximum atomic E-state index is 13.6. The van der Waals surface area contributed by atoms with Crippen molar-refractivity contribution >= 4 is 11.9 Å². The number of rotatable bonds is 7. The van der Waals surface area contributed by atoms with Gasteiger partial charge in [0.1, 0.15) is 18.5 Å². The van der Waals surface area contributed by atoms with Crippen LogP contribution in [0, 0.1) is 5.92 Å². The molecule has 1 N–H and O–H groups in total. The summed E-state index contributed by atoms with van der Waals surface area (Å²) in [5, 5.41) is 3.62. The largest absolute Gasteiger partial charge is 0.327 e. The lowest BCUT2D eigenvalue weighted by molar-refractivity contribution is -0.140. The zero-order valence-electron chi connectivity index (χ0n) is 20.1. The molecule has 3 aliphatic heterocycles. The highest BCUT2D eigenvalue weighted by Gasteiger charge is 2.56. The van der Waals surface area contributed by atoms with Crippen molar-refractivity contribution in [2.24, 2.45) is 5.92 Å². The van der Waals surface area contributed by atoms with Gasteiger partial charge in [0.2, 0.25) is 0 Å².